The first-order chi connectivity index (χ1) is 22.6. The van der Waals surface area contributed by atoms with Crippen LogP contribution >= 0.6 is 11.8 Å². The van der Waals surface area contributed by atoms with E-state index in [-0.39, 0.29) is 29.7 Å². The molecule has 47 heavy (non-hydrogen) atoms. The molecule has 0 aliphatic carbocycles. The van der Waals surface area contributed by atoms with Crippen molar-refractivity contribution in [1.29, 1.82) is 0 Å². The van der Waals surface area contributed by atoms with Gasteiger partial charge in [-0.1, -0.05) is 74.5 Å². The van der Waals surface area contributed by atoms with Crippen LogP contribution < -0.4 is 14.4 Å². The molecule has 0 fully saturated rings. The first kappa shape index (κ1) is 35.6. The van der Waals surface area contributed by atoms with Crippen molar-refractivity contribution < 1.29 is 22.7 Å². The minimum Gasteiger partial charge on any atom is -0.494 e. The molecule has 0 radical (unpaired) electrons. The van der Waals surface area contributed by atoms with Crippen LogP contribution in [0.15, 0.2) is 119 Å². The first-order valence-electron chi connectivity index (χ1n) is 15.7. The van der Waals surface area contributed by atoms with Gasteiger partial charge in [-0.2, -0.15) is 0 Å². The van der Waals surface area contributed by atoms with Gasteiger partial charge in [-0.15, -0.1) is 11.8 Å². The molecule has 0 aliphatic heterocycles. The van der Waals surface area contributed by atoms with Gasteiger partial charge in [-0.25, -0.2) is 8.42 Å². The van der Waals surface area contributed by atoms with Gasteiger partial charge in [0.05, 0.1) is 17.2 Å². The molecule has 2 amide bonds. The van der Waals surface area contributed by atoms with Gasteiger partial charge < -0.3 is 15.0 Å². The molecule has 10 heteroatoms. The van der Waals surface area contributed by atoms with Crippen molar-refractivity contribution in [2.24, 2.45) is 5.92 Å². The van der Waals surface area contributed by atoms with Gasteiger partial charge >= 0.3 is 0 Å². The Morgan fingerprint density at radius 1 is 0.830 bits per heavy atom. The van der Waals surface area contributed by atoms with E-state index in [1.165, 1.54) is 16.7 Å². The Kier molecular flexibility index (Phi) is 12.9. The van der Waals surface area contributed by atoms with E-state index in [9.17, 15) is 18.0 Å². The Hall–Kier alpha value is -4.28. The fraction of sp³-hybridized carbons (Fsp3) is 0.297. The predicted molar refractivity (Wildman–Crippen MR) is 189 cm³/mol. The second kappa shape index (κ2) is 17.0. The molecule has 1 N–H and O–H groups in total. The van der Waals surface area contributed by atoms with Crippen LogP contribution in [0.25, 0.3) is 0 Å². The second-order valence-electron chi connectivity index (χ2n) is 11.5. The third-order valence-corrected chi connectivity index (χ3v) is 10.0. The van der Waals surface area contributed by atoms with Crippen molar-refractivity contribution in [1.82, 2.24) is 10.2 Å². The number of nitrogens with one attached hydrogen (secondary N) is 1. The summed E-state index contributed by atoms with van der Waals surface area (Å²) in [7, 11) is -4.20. The largest absolute Gasteiger partial charge is 0.494 e. The summed E-state index contributed by atoms with van der Waals surface area (Å²) < 4.78 is 35.2. The Labute approximate surface area is 283 Å². The topological polar surface area (TPSA) is 96.0 Å². The molecule has 0 aliphatic rings. The van der Waals surface area contributed by atoms with E-state index in [2.05, 4.69) is 5.32 Å². The molecule has 0 unspecified atom stereocenters. The number of amides is 2. The summed E-state index contributed by atoms with van der Waals surface area (Å²) in [5, 5.41) is 3.01. The first-order valence-corrected chi connectivity index (χ1v) is 18.3. The third-order valence-electron chi connectivity index (χ3n) is 7.51. The van der Waals surface area contributed by atoms with E-state index >= 15 is 0 Å². The molecule has 0 spiro atoms. The number of nitrogens with zero attached hydrogens (tertiary/aromatic N) is 2. The minimum absolute atomic E-state index is 0.0575. The van der Waals surface area contributed by atoms with E-state index in [1.807, 2.05) is 87.7 Å². The second-order valence-corrected chi connectivity index (χ2v) is 14.2. The van der Waals surface area contributed by atoms with Gasteiger partial charge in [0.15, 0.2) is 0 Å². The molecule has 0 saturated carbocycles. The van der Waals surface area contributed by atoms with E-state index in [0.717, 1.165) is 20.3 Å². The fourth-order valence-corrected chi connectivity index (χ4v) is 6.86. The lowest BCUT2D eigenvalue weighted by atomic mass is 10.0. The standard InChI is InChI=1S/C37H43N3O5S2/c1-5-45-32-18-16-31(17-19-32)40(47(43,44)34-22-20-33(46-4)21-23-34)27-36(41)39(26-30-14-10-7-11-15-30)35(37(42)38-25-28(2)3)24-29-12-8-6-9-13-29/h6-23,28,35H,5,24-27H2,1-4H3,(H,38,42)/t35-/m1/s1. The number of rotatable bonds is 16. The molecule has 4 rings (SSSR count). The fourth-order valence-electron chi connectivity index (χ4n) is 5.04. The Bertz CT molecular complexity index is 1680. The van der Waals surface area contributed by atoms with Crippen LogP contribution in [-0.4, -0.2) is 57.1 Å². The highest BCUT2D eigenvalue weighted by Gasteiger charge is 2.34. The molecular formula is C37H43N3O5S2. The van der Waals surface area contributed by atoms with Crippen molar-refractivity contribution in [2.45, 2.75) is 49.6 Å². The highest BCUT2D eigenvalue weighted by molar-refractivity contribution is 7.98. The van der Waals surface area contributed by atoms with E-state index in [0.29, 0.717) is 24.6 Å². The molecule has 0 aromatic heterocycles. The summed E-state index contributed by atoms with van der Waals surface area (Å²) in [6, 6.07) is 31.2. The molecule has 0 heterocycles. The smallest absolute Gasteiger partial charge is 0.264 e. The van der Waals surface area contributed by atoms with Crippen molar-refractivity contribution in [3.8, 4) is 5.75 Å². The molecule has 1 atom stereocenters. The van der Waals surface area contributed by atoms with Crippen LogP contribution in [0.5, 0.6) is 5.75 Å². The van der Waals surface area contributed by atoms with E-state index in [1.54, 1.807) is 48.5 Å². The van der Waals surface area contributed by atoms with Crippen molar-refractivity contribution in [3.63, 3.8) is 0 Å². The van der Waals surface area contributed by atoms with Gasteiger partial charge in [0, 0.05) is 24.4 Å². The van der Waals surface area contributed by atoms with Crippen molar-refractivity contribution >= 4 is 39.3 Å². The summed E-state index contributed by atoms with van der Waals surface area (Å²) in [6.45, 7) is 6.37. The van der Waals surface area contributed by atoms with Crippen molar-refractivity contribution in [3.05, 3.63) is 120 Å². The number of sulfonamides is 1. The zero-order valence-electron chi connectivity index (χ0n) is 27.3. The van der Waals surface area contributed by atoms with Crippen LogP contribution in [0.2, 0.25) is 0 Å². The van der Waals surface area contributed by atoms with Gasteiger partial charge in [0.2, 0.25) is 11.8 Å². The Morgan fingerprint density at radius 3 is 1.98 bits per heavy atom. The molecule has 0 saturated heterocycles. The average molecular weight is 674 g/mol. The van der Waals surface area contributed by atoms with Gasteiger partial charge in [0.25, 0.3) is 10.0 Å². The zero-order valence-corrected chi connectivity index (χ0v) is 29.0. The van der Waals surface area contributed by atoms with Crippen LogP contribution in [0, 0.1) is 5.92 Å². The van der Waals surface area contributed by atoms with Crippen molar-refractivity contribution in [2.75, 3.05) is 30.3 Å². The number of hydrogen-bond acceptors (Lipinski definition) is 6. The summed E-state index contributed by atoms with van der Waals surface area (Å²) in [5.74, 6) is -0.0188. The van der Waals surface area contributed by atoms with Crippen LogP contribution in [-0.2, 0) is 32.6 Å². The van der Waals surface area contributed by atoms with Crippen LogP contribution in [0.3, 0.4) is 0 Å². The summed E-state index contributed by atoms with van der Waals surface area (Å²) in [5.41, 5.74) is 2.01. The predicted octanol–water partition coefficient (Wildman–Crippen LogP) is 6.41. The molecule has 8 nitrogen and oxygen atoms in total. The molecule has 248 valence electrons. The average Bonchev–Trinajstić information content (AvgIpc) is 3.09. The number of anilines is 1. The normalized spacial score (nSPS) is 11.9. The SMILES string of the molecule is CCOc1ccc(N(CC(=O)N(Cc2ccccc2)[C@H](Cc2ccccc2)C(=O)NCC(C)C)S(=O)(=O)c2ccc(SC)cc2)cc1. The highest BCUT2D eigenvalue weighted by atomic mass is 32.2. The Balaban J connectivity index is 1.78. The summed E-state index contributed by atoms with van der Waals surface area (Å²) in [4.78, 5) is 30.9. The monoisotopic (exact) mass is 673 g/mol. The number of carbonyl (C=O) groups is 2. The lowest BCUT2D eigenvalue weighted by Crippen LogP contribution is -2.53. The van der Waals surface area contributed by atoms with Crippen LogP contribution in [0.4, 0.5) is 5.69 Å². The van der Waals surface area contributed by atoms with Gasteiger partial charge in [-0.3, -0.25) is 13.9 Å². The highest BCUT2D eigenvalue weighted by Crippen LogP contribution is 2.28. The maximum absolute atomic E-state index is 14.6. The molecule has 4 aromatic rings. The minimum atomic E-state index is -4.20. The van der Waals surface area contributed by atoms with Crippen LogP contribution in [0.1, 0.15) is 31.9 Å². The van der Waals surface area contributed by atoms with E-state index < -0.39 is 28.5 Å². The van der Waals surface area contributed by atoms with E-state index in [4.69, 9.17) is 4.74 Å². The number of ether oxygens (including phenoxy) is 1. The number of carbonyl (C=O) groups excluding carboxylic acids is 2. The maximum atomic E-state index is 14.6. The lowest BCUT2D eigenvalue weighted by Gasteiger charge is -2.34. The molecule has 0 bridgehead atoms. The summed E-state index contributed by atoms with van der Waals surface area (Å²) in [6.07, 6.45) is 2.17. The number of hydrogen-bond donors (Lipinski definition) is 1. The number of thioether (sulfide) groups is 1. The Morgan fingerprint density at radius 2 is 1.43 bits per heavy atom. The van der Waals surface area contributed by atoms with Gasteiger partial charge in [0.1, 0.15) is 18.3 Å². The number of benzene rings is 4. The maximum Gasteiger partial charge on any atom is 0.264 e. The third kappa shape index (κ3) is 9.86. The lowest BCUT2D eigenvalue weighted by molar-refractivity contribution is -0.140. The quantitative estimate of drug-likeness (QED) is 0.138. The summed E-state index contributed by atoms with van der Waals surface area (Å²) >= 11 is 1.51. The molecule has 4 aromatic carbocycles. The van der Waals surface area contributed by atoms with Gasteiger partial charge in [-0.05, 0) is 78.8 Å². The zero-order chi connectivity index (χ0) is 33.8. The molecular weight excluding hydrogens is 631 g/mol.